The second-order valence-electron chi connectivity index (χ2n) is 3.12. The van der Waals surface area contributed by atoms with Gasteiger partial charge in [-0.15, -0.1) is 0 Å². The fourth-order valence-corrected chi connectivity index (χ4v) is 0.906. The Morgan fingerprint density at radius 1 is 1.33 bits per heavy atom. The molecule has 0 fully saturated rings. The average Bonchev–Trinajstić information content (AvgIpc) is 2.17. The molecule has 1 rings (SSSR count). The molecule has 1 heterocycles. The van der Waals surface area contributed by atoms with Gasteiger partial charge in [0.1, 0.15) is 0 Å². The molecule has 1 aromatic heterocycles. The van der Waals surface area contributed by atoms with E-state index in [1.165, 1.54) is 35.8 Å². The number of hydrogen-bond acceptors (Lipinski definition) is 5. The van der Waals surface area contributed by atoms with Crippen molar-refractivity contribution in [2.45, 2.75) is 0 Å². The van der Waals surface area contributed by atoms with Gasteiger partial charge in [0, 0.05) is 0 Å². The Morgan fingerprint density at radius 2 is 1.87 bits per heavy atom. The first-order chi connectivity index (χ1) is 6.97. The van der Waals surface area contributed by atoms with Crippen molar-refractivity contribution in [3.63, 3.8) is 0 Å². The number of carbonyl (C=O) groups excluding carboxylic acids is 1. The summed E-state index contributed by atoms with van der Waals surface area (Å²) in [6, 6.07) is 0. The van der Waals surface area contributed by atoms with Gasteiger partial charge in [-0.3, -0.25) is 0 Å². The SMILES string of the molecule is CN(C)C.COC(=O)c1cn[c]([Sn])cn1. The number of ether oxygens (including phenoxy) is 1. The molecule has 15 heavy (non-hydrogen) atoms. The van der Waals surface area contributed by atoms with Crippen LogP contribution in [0.15, 0.2) is 12.4 Å². The van der Waals surface area contributed by atoms with Crippen molar-refractivity contribution in [2.24, 2.45) is 0 Å². The van der Waals surface area contributed by atoms with E-state index in [4.69, 9.17) is 0 Å². The van der Waals surface area contributed by atoms with Gasteiger partial charge in [0.15, 0.2) is 0 Å². The summed E-state index contributed by atoms with van der Waals surface area (Å²) in [4.78, 5) is 20.6. The van der Waals surface area contributed by atoms with Crippen LogP contribution in [0.2, 0.25) is 0 Å². The Hall–Kier alpha value is -0.691. The maximum atomic E-state index is 10.8. The molecule has 0 spiro atoms. The van der Waals surface area contributed by atoms with Gasteiger partial charge < -0.3 is 4.90 Å². The molecule has 0 bridgehead atoms. The summed E-state index contributed by atoms with van der Waals surface area (Å²) in [5.41, 5.74) is 0.249. The first-order valence-corrected chi connectivity index (χ1v) is 5.63. The Labute approximate surface area is 103 Å². The predicted molar refractivity (Wildman–Crippen MR) is 58.4 cm³/mol. The van der Waals surface area contributed by atoms with E-state index in [0.717, 1.165) is 3.71 Å². The van der Waals surface area contributed by atoms with E-state index in [0.29, 0.717) is 0 Å². The molecule has 0 aliphatic carbocycles. The molecule has 6 heteroatoms. The van der Waals surface area contributed by atoms with E-state index in [1.54, 1.807) is 6.20 Å². The Kier molecular flexibility index (Phi) is 7.23. The van der Waals surface area contributed by atoms with Crippen molar-refractivity contribution in [1.29, 1.82) is 0 Å². The summed E-state index contributed by atoms with van der Waals surface area (Å²) >= 11 is 1.18. The summed E-state index contributed by atoms with van der Waals surface area (Å²) in [5.74, 6) is -0.451. The first-order valence-electron chi connectivity index (χ1n) is 4.20. The van der Waals surface area contributed by atoms with Crippen LogP contribution in [0.3, 0.4) is 0 Å². The van der Waals surface area contributed by atoms with Gasteiger partial charge in [0.25, 0.3) is 0 Å². The van der Waals surface area contributed by atoms with Gasteiger partial charge in [-0.05, 0) is 21.1 Å². The quantitative estimate of drug-likeness (QED) is 0.503. The molecule has 0 amide bonds. The fourth-order valence-electron chi connectivity index (χ4n) is 0.538. The molecule has 0 N–H and O–H groups in total. The molecular formula is C9H14N3O2Sn. The van der Waals surface area contributed by atoms with Crippen LogP contribution in [0.1, 0.15) is 10.5 Å². The van der Waals surface area contributed by atoms with Crippen LogP contribution in [0.25, 0.3) is 0 Å². The van der Waals surface area contributed by atoms with E-state index in [2.05, 4.69) is 14.7 Å². The van der Waals surface area contributed by atoms with E-state index >= 15 is 0 Å². The Balaban J connectivity index is 0.000000423. The molecule has 0 unspecified atom stereocenters. The topological polar surface area (TPSA) is 55.3 Å². The van der Waals surface area contributed by atoms with Crippen LogP contribution in [-0.4, -0.2) is 71.6 Å². The third kappa shape index (κ3) is 7.26. The molecule has 0 saturated heterocycles. The number of hydrogen-bond donors (Lipinski definition) is 0. The van der Waals surface area contributed by atoms with Crippen LogP contribution in [0, 0.1) is 0 Å². The molecule has 0 aromatic carbocycles. The average molecular weight is 315 g/mol. The molecule has 81 valence electrons. The van der Waals surface area contributed by atoms with Gasteiger partial charge in [0.2, 0.25) is 0 Å². The molecule has 0 aliphatic rings. The van der Waals surface area contributed by atoms with Crippen molar-refractivity contribution in [3.8, 4) is 0 Å². The van der Waals surface area contributed by atoms with Gasteiger partial charge in [0.05, 0.1) is 0 Å². The van der Waals surface area contributed by atoms with E-state index in [-0.39, 0.29) is 5.69 Å². The van der Waals surface area contributed by atoms with Crippen LogP contribution < -0.4 is 3.71 Å². The minimum atomic E-state index is -0.451. The second kappa shape index (κ2) is 7.58. The van der Waals surface area contributed by atoms with Crippen molar-refractivity contribution in [3.05, 3.63) is 18.1 Å². The third-order valence-corrected chi connectivity index (χ3v) is 1.78. The standard InChI is InChI=1S/C6H5N2O2.C3H9N.Sn/c1-10-6(9)5-4-7-2-3-8-5;1-4(2)3;/h3-4H,1H3;1-3H3;. The monoisotopic (exact) mass is 316 g/mol. The zero-order valence-electron chi connectivity index (χ0n) is 9.31. The third-order valence-electron chi connectivity index (χ3n) is 1.05. The molecular weight excluding hydrogens is 301 g/mol. The molecule has 0 saturated carbocycles. The predicted octanol–water partition coefficient (Wildman–Crippen LogP) is -0.765. The zero-order valence-corrected chi connectivity index (χ0v) is 12.2. The molecule has 5 nitrogen and oxygen atoms in total. The summed E-state index contributed by atoms with van der Waals surface area (Å²) in [6.45, 7) is 0. The number of carbonyl (C=O) groups is 1. The summed E-state index contributed by atoms with van der Waals surface area (Å²) < 4.78 is 5.31. The van der Waals surface area contributed by atoms with Crippen LogP contribution in [-0.2, 0) is 4.74 Å². The summed E-state index contributed by atoms with van der Waals surface area (Å²) in [5, 5.41) is 0. The van der Waals surface area contributed by atoms with Crippen LogP contribution in [0.4, 0.5) is 0 Å². The number of aromatic nitrogens is 2. The number of esters is 1. The van der Waals surface area contributed by atoms with Crippen molar-refractivity contribution in [2.75, 3.05) is 28.3 Å². The normalized spacial score (nSPS) is 9.20. The number of methoxy groups -OCH3 is 1. The Bertz CT molecular complexity index is 298. The minimum absolute atomic E-state index is 0.249. The number of nitrogens with zero attached hydrogens (tertiary/aromatic N) is 3. The van der Waals surface area contributed by atoms with Gasteiger partial charge in [-0.25, -0.2) is 0 Å². The van der Waals surface area contributed by atoms with Crippen LogP contribution in [0.5, 0.6) is 0 Å². The molecule has 0 aliphatic heterocycles. The first kappa shape index (κ1) is 14.3. The Morgan fingerprint density at radius 3 is 2.20 bits per heavy atom. The van der Waals surface area contributed by atoms with E-state index < -0.39 is 5.97 Å². The van der Waals surface area contributed by atoms with E-state index in [9.17, 15) is 4.79 Å². The molecule has 3 radical (unpaired) electrons. The fraction of sp³-hybridized carbons (Fsp3) is 0.444. The van der Waals surface area contributed by atoms with Gasteiger partial charge in [-0.2, -0.15) is 0 Å². The van der Waals surface area contributed by atoms with Gasteiger partial charge >= 0.3 is 76.9 Å². The number of rotatable bonds is 1. The van der Waals surface area contributed by atoms with Crippen molar-refractivity contribution >= 4 is 32.2 Å². The molecule has 1 aromatic rings. The van der Waals surface area contributed by atoms with Crippen molar-refractivity contribution in [1.82, 2.24) is 14.9 Å². The van der Waals surface area contributed by atoms with Crippen molar-refractivity contribution < 1.29 is 9.53 Å². The van der Waals surface area contributed by atoms with Crippen LogP contribution >= 0.6 is 0 Å². The summed E-state index contributed by atoms with van der Waals surface area (Å²) in [7, 11) is 7.32. The maximum absolute atomic E-state index is 10.8. The molecule has 0 atom stereocenters. The van der Waals surface area contributed by atoms with E-state index in [1.807, 2.05) is 26.0 Å². The second-order valence-corrected chi connectivity index (χ2v) is 4.58. The van der Waals surface area contributed by atoms with Gasteiger partial charge in [-0.1, -0.05) is 0 Å². The summed E-state index contributed by atoms with van der Waals surface area (Å²) in [6.07, 6.45) is 2.97. The zero-order chi connectivity index (χ0) is 11.8.